The van der Waals surface area contributed by atoms with Crippen LogP contribution in [0.5, 0.6) is 0 Å². The van der Waals surface area contributed by atoms with E-state index >= 15 is 0 Å². The highest BCUT2D eigenvalue weighted by atomic mass is 16.5. The number of amides is 1. The number of aromatic amines is 1. The van der Waals surface area contributed by atoms with Gasteiger partial charge >= 0.3 is 5.97 Å². The minimum absolute atomic E-state index is 0.0848. The SMILES string of the molecule is O=C(O)C[C@H]1CC[C@@H](CNC(=O)c2n[nH]c3c2COCC3)N1CC1CC1. The molecule has 1 saturated heterocycles. The molecule has 0 radical (unpaired) electrons. The third kappa shape index (κ3) is 3.76. The molecule has 1 saturated carbocycles. The average molecular weight is 362 g/mol. The van der Waals surface area contributed by atoms with Gasteiger partial charge in [0.1, 0.15) is 0 Å². The Morgan fingerprint density at radius 2 is 2.08 bits per heavy atom. The van der Waals surface area contributed by atoms with Gasteiger partial charge in [0.15, 0.2) is 5.69 Å². The Bertz CT molecular complexity index is 685. The zero-order valence-corrected chi connectivity index (χ0v) is 14.9. The van der Waals surface area contributed by atoms with E-state index in [1.165, 1.54) is 12.8 Å². The quantitative estimate of drug-likeness (QED) is 0.666. The molecule has 3 aliphatic rings. The van der Waals surface area contributed by atoms with Gasteiger partial charge in [0.2, 0.25) is 0 Å². The van der Waals surface area contributed by atoms with Crippen molar-refractivity contribution in [2.24, 2.45) is 5.92 Å². The molecule has 4 rings (SSSR count). The van der Waals surface area contributed by atoms with Crippen molar-refractivity contribution in [3.8, 4) is 0 Å². The summed E-state index contributed by atoms with van der Waals surface area (Å²) in [4.78, 5) is 26.0. The molecular weight excluding hydrogens is 336 g/mol. The Hall–Kier alpha value is -1.93. The van der Waals surface area contributed by atoms with E-state index < -0.39 is 5.97 Å². The van der Waals surface area contributed by atoms with Gasteiger partial charge in [0, 0.05) is 42.9 Å². The molecule has 2 fully saturated rings. The van der Waals surface area contributed by atoms with Crippen LogP contribution in [0.15, 0.2) is 0 Å². The Morgan fingerprint density at radius 1 is 1.27 bits per heavy atom. The predicted molar refractivity (Wildman–Crippen MR) is 92.8 cm³/mol. The summed E-state index contributed by atoms with van der Waals surface area (Å²) in [6.07, 6.45) is 5.20. The van der Waals surface area contributed by atoms with Crippen molar-refractivity contribution in [1.82, 2.24) is 20.4 Å². The van der Waals surface area contributed by atoms with Crippen LogP contribution in [0.25, 0.3) is 0 Å². The van der Waals surface area contributed by atoms with Crippen LogP contribution in [0, 0.1) is 5.92 Å². The second-order valence-corrected chi connectivity index (χ2v) is 7.66. The number of hydrogen-bond acceptors (Lipinski definition) is 5. The van der Waals surface area contributed by atoms with E-state index in [9.17, 15) is 9.59 Å². The molecule has 1 aliphatic carbocycles. The number of H-pyrrole nitrogens is 1. The van der Waals surface area contributed by atoms with Crippen LogP contribution in [0.3, 0.4) is 0 Å². The molecule has 0 spiro atoms. The lowest BCUT2D eigenvalue weighted by molar-refractivity contribution is -0.138. The minimum Gasteiger partial charge on any atom is -0.481 e. The maximum absolute atomic E-state index is 12.6. The Morgan fingerprint density at radius 3 is 2.85 bits per heavy atom. The molecule has 0 aromatic carbocycles. The minimum atomic E-state index is -0.747. The van der Waals surface area contributed by atoms with Gasteiger partial charge < -0.3 is 15.2 Å². The standard InChI is InChI=1S/C18H26N4O4/c23-16(24)7-12-3-4-13(22(12)9-11-1-2-11)8-19-18(25)17-14-10-26-6-5-15(14)20-21-17/h11-13H,1-10H2,(H,19,25)(H,20,21)(H,23,24)/t12-,13+/m1/s1. The zero-order chi connectivity index (χ0) is 18.1. The van der Waals surface area contributed by atoms with Gasteiger partial charge in [-0.2, -0.15) is 5.10 Å². The first-order chi connectivity index (χ1) is 12.6. The fraction of sp³-hybridized carbons (Fsp3) is 0.722. The van der Waals surface area contributed by atoms with Crippen molar-refractivity contribution in [2.45, 2.75) is 57.2 Å². The summed E-state index contributed by atoms with van der Waals surface area (Å²) in [6, 6.07) is 0.288. The lowest BCUT2D eigenvalue weighted by Crippen LogP contribution is -2.45. The lowest BCUT2D eigenvalue weighted by atomic mass is 10.1. The van der Waals surface area contributed by atoms with Gasteiger partial charge in [-0.3, -0.25) is 19.6 Å². The molecule has 3 heterocycles. The number of carboxylic acids is 1. The van der Waals surface area contributed by atoms with Crippen LogP contribution in [0.2, 0.25) is 0 Å². The van der Waals surface area contributed by atoms with Crippen molar-refractivity contribution in [3.63, 3.8) is 0 Å². The fourth-order valence-corrected chi connectivity index (χ4v) is 4.15. The molecule has 1 aromatic heterocycles. The summed E-state index contributed by atoms with van der Waals surface area (Å²) < 4.78 is 5.44. The monoisotopic (exact) mass is 362 g/mol. The molecule has 3 N–H and O–H groups in total. The van der Waals surface area contributed by atoms with Crippen molar-refractivity contribution in [1.29, 1.82) is 0 Å². The number of fused-ring (bicyclic) bond motifs is 1. The Balaban J connectivity index is 1.37. The van der Waals surface area contributed by atoms with Crippen LogP contribution in [-0.4, -0.2) is 63.9 Å². The van der Waals surface area contributed by atoms with E-state index in [-0.39, 0.29) is 24.4 Å². The first-order valence-electron chi connectivity index (χ1n) is 9.51. The number of aliphatic carboxylic acids is 1. The van der Waals surface area contributed by atoms with E-state index in [4.69, 9.17) is 9.84 Å². The molecule has 26 heavy (non-hydrogen) atoms. The van der Waals surface area contributed by atoms with Gasteiger partial charge in [-0.1, -0.05) is 0 Å². The molecule has 2 aliphatic heterocycles. The number of carbonyl (C=O) groups is 2. The maximum Gasteiger partial charge on any atom is 0.304 e. The predicted octanol–water partition coefficient (Wildman–Crippen LogP) is 0.930. The molecule has 8 nitrogen and oxygen atoms in total. The first kappa shape index (κ1) is 17.5. The van der Waals surface area contributed by atoms with Gasteiger partial charge in [-0.25, -0.2) is 0 Å². The van der Waals surface area contributed by atoms with Crippen LogP contribution in [-0.2, 0) is 22.6 Å². The van der Waals surface area contributed by atoms with Crippen molar-refractivity contribution in [3.05, 3.63) is 17.0 Å². The number of likely N-dealkylation sites (tertiary alicyclic amines) is 1. The normalized spacial score (nSPS) is 25.8. The second kappa shape index (κ2) is 7.36. The average Bonchev–Trinajstić information content (AvgIpc) is 3.22. The van der Waals surface area contributed by atoms with E-state index in [2.05, 4.69) is 20.4 Å². The summed E-state index contributed by atoms with van der Waals surface area (Å²) in [5.41, 5.74) is 2.27. The maximum atomic E-state index is 12.6. The highest BCUT2D eigenvalue weighted by Crippen LogP contribution is 2.35. The molecule has 1 aromatic rings. The van der Waals surface area contributed by atoms with E-state index in [0.717, 1.165) is 37.1 Å². The van der Waals surface area contributed by atoms with Crippen LogP contribution in [0.1, 0.15) is 53.8 Å². The molecule has 0 bridgehead atoms. The molecule has 1 amide bonds. The topological polar surface area (TPSA) is 108 Å². The number of rotatable bonds is 7. The smallest absolute Gasteiger partial charge is 0.304 e. The van der Waals surface area contributed by atoms with E-state index in [1.54, 1.807) is 0 Å². The highest BCUT2D eigenvalue weighted by Gasteiger charge is 2.38. The molecular formula is C18H26N4O4. The number of carbonyl (C=O) groups excluding carboxylic acids is 1. The Labute approximate surface area is 152 Å². The second-order valence-electron chi connectivity index (χ2n) is 7.66. The fourth-order valence-electron chi connectivity index (χ4n) is 4.15. The van der Waals surface area contributed by atoms with Crippen molar-refractivity contribution >= 4 is 11.9 Å². The number of carboxylic acid groups (broad SMARTS) is 1. The zero-order valence-electron chi connectivity index (χ0n) is 14.9. The largest absolute Gasteiger partial charge is 0.481 e. The third-order valence-corrected chi connectivity index (χ3v) is 5.76. The first-order valence-corrected chi connectivity index (χ1v) is 9.51. The van der Waals surface area contributed by atoms with E-state index in [1.807, 2.05) is 0 Å². The summed E-state index contributed by atoms with van der Waals surface area (Å²) in [7, 11) is 0. The van der Waals surface area contributed by atoms with Crippen LogP contribution < -0.4 is 5.32 Å². The molecule has 2 atom stereocenters. The van der Waals surface area contributed by atoms with Crippen LogP contribution >= 0.6 is 0 Å². The Kier molecular flexibility index (Phi) is 4.95. The third-order valence-electron chi connectivity index (χ3n) is 5.76. The van der Waals surface area contributed by atoms with Gasteiger partial charge in [0.25, 0.3) is 5.91 Å². The van der Waals surface area contributed by atoms with E-state index in [0.29, 0.717) is 31.4 Å². The van der Waals surface area contributed by atoms with Crippen LogP contribution in [0.4, 0.5) is 0 Å². The van der Waals surface area contributed by atoms with Gasteiger partial charge in [-0.05, 0) is 31.6 Å². The molecule has 0 unspecified atom stereocenters. The summed E-state index contributed by atoms with van der Waals surface area (Å²) in [6.45, 7) is 2.56. The highest BCUT2D eigenvalue weighted by molar-refractivity contribution is 5.94. The van der Waals surface area contributed by atoms with Gasteiger partial charge in [0.05, 0.1) is 19.6 Å². The molecule has 8 heteroatoms. The number of aromatic nitrogens is 2. The number of nitrogens with zero attached hydrogens (tertiary/aromatic N) is 2. The molecule has 142 valence electrons. The van der Waals surface area contributed by atoms with Crippen molar-refractivity contribution in [2.75, 3.05) is 19.7 Å². The number of hydrogen-bond donors (Lipinski definition) is 3. The summed E-state index contributed by atoms with van der Waals surface area (Å²) >= 11 is 0. The van der Waals surface area contributed by atoms with Gasteiger partial charge in [-0.15, -0.1) is 0 Å². The summed E-state index contributed by atoms with van der Waals surface area (Å²) in [5.74, 6) is -0.234. The van der Waals surface area contributed by atoms with Crippen molar-refractivity contribution < 1.29 is 19.4 Å². The number of nitrogens with one attached hydrogen (secondary N) is 2. The summed E-state index contributed by atoms with van der Waals surface area (Å²) in [5, 5.41) is 19.3. The lowest BCUT2D eigenvalue weighted by Gasteiger charge is -2.29. The number of ether oxygens (including phenoxy) is 1.